The summed E-state index contributed by atoms with van der Waals surface area (Å²) >= 11 is 0. The Morgan fingerprint density at radius 1 is 1.55 bits per heavy atom. The van der Waals surface area contributed by atoms with E-state index in [1.54, 1.807) is 13.8 Å². The minimum atomic E-state index is -3.25. The van der Waals surface area contributed by atoms with Crippen LogP contribution in [-0.4, -0.2) is 17.2 Å². The average Bonchev–Trinajstić information content (AvgIpc) is 1.59. The first-order chi connectivity index (χ1) is 4.48. The zero-order chi connectivity index (χ0) is 8.20. The van der Waals surface area contributed by atoms with E-state index >= 15 is 0 Å². The first-order valence-electron chi connectivity index (χ1n) is 3.48. The van der Waals surface area contributed by atoms with Crippen molar-refractivity contribution in [2.24, 2.45) is 0 Å². The molecule has 0 heterocycles. The third kappa shape index (κ3) is 8.68. The first kappa shape index (κ1) is 14.3. The Bertz CT molecular complexity index is 138. The minimum Gasteiger partial charge on any atom is -0.324 e. The Kier molecular flexibility index (Phi) is 8.20. The van der Waals surface area contributed by atoms with Gasteiger partial charge >= 0.3 is 7.60 Å². The van der Waals surface area contributed by atoms with Crippen LogP contribution in [0.1, 0.15) is 27.2 Å². The van der Waals surface area contributed by atoms with Crippen molar-refractivity contribution in [1.82, 2.24) is 0 Å². The van der Waals surface area contributed by atoms with Crippen LogP contribution in [0.4, 0.5) is 0 Å². The van der Waals surface area contributed by atoms with E-state index in [2.05, 4.69) is 0 Å². The van der Waals surface area contributed by atoms with E-state index in [9.17, 15) is 4.57 Å². The topological polar surface area (TPSA) is 46.5 Å². The van der Waals surface area contributed by atoms with Crippen LogP contribution in [0.5, 0.6) is 0 Å². The molecule has 1 N–H and O–H groups in total. The summed E-state index contributed by atoms with van der Waals surface area (Å²) in [6, 6.07) is 0. The van der Waals surface area contributed by atoms with Gasteiger partial charge in [0, 0.05) is 25.6 Å². The molecule has 0 saturated heterocycles. The first-order valence-corrected chi connectivity index (χ1v) is 5.24. The maximum absolute atomic E-state index is 11.0. The van der Waals surface area contributed by atoms with Crippen LogP contribution >= 0.6 is 7.60 Å². The summed E-state index contributed by atoms with van der Waals surface area (Å²) < 4.78 is 15.7. The Balaban J connectivity index is 0. The Labute approximate surface area is 80.8 Å². The molecule has 5 heteroatoms. The fraction of sp³-hybridized carbons (Fsp3) is 1.00. The molecule has 0 amide bonds. The van der Waals surface area contributed by atoms with Gasteiger partial charge in [0.2, 0.25) is 0 Å². The van der Waals surface area contributed by atoms with Gasteiger partial charge in [-0.3, -0.25) is 4.57 Å². The van der Waals surface area contributed by atoms with E-state index < -0.39 is 7.60 Å². The summed E-state index contributed by atoms with van der Waals surface area (Å²) in [6.45, 7) is 5.35. The van der Waals surface area contributed by atoms with Crippen LogP contribution in [0.15, 0.2) is 0 Å². The largest absolute Gasteiger partial charge is 0.328 e. The summed E-state index contributed by atoms with van der Waals surface area (Å²) in [6.07, 6.45) is 0.772. The SMILES string of the molecule is CCCP(=O)(O)OC(C)C.[Zn]. The van der Waals surface area contributed by atoms with E-state index in [1.807, 2.05) is 6.92 Å². The molecule has 3 nitrogen and oxygen atoms in total. The predicted octanol–water partition coefficient (Wildman–Crippen LogP) is 2.00. The third-order valence-electron chi connectivity index (χ3n) is 0.882. The van der Waals surface area contributed by atoms with E-state index in [4.69, 9.17) is 9.42 Å². The summed E-state index contributed by atoms with van der Waals surface area (Å²) in [5.41, 5.74) is 0. The van der Waals surface area contributed by atoms with Crippen LogP contribution in [0, 0.1) is 0 Å². The number of hydrogen-bond acceptors (Lipinski definition) is 2. The Morgan fingerprint density at radius 2 is 2.00 bits per heavy atom. The molecule has 0 aliphatic carbocycles. The van der Waals surface area contributed by atoms with E-state index in [0.717, 1.165) is 0 Å². The predicted molar refractivity (Wildman–Crippen MR) is 41.2 cm³/mol. The third-order valence-corrected chi connectivity index (χ3v) is 2.65. The van der Waals surface area contributed by atoms with Gasteiger partial charge in [-0.2, -0.15) is 0 Å². The fourth-order valence-corrected chi connectivity index (χ4v) is 1.99. The molecule has 0 saturated carbocycles. The summed E-state index contributed by atoms with van der Waals surface area (Å²) in [5, 5.41) is 0. The molecule has 0 aromatic carbocycles. The van der Waals surface area contributed by atoms with Crippen molar-refractivity contribution in [3.8, 4) is 0 Å². The van der Waals surface area contributed by atoms with Gasteiger partial charge in [-0.1, -0.05) is 6.92 Å². The second kappa shape index (κ2) is 6.31. The monoisotopic (exact) mass is 230 g/mol. The number of rotatable bonds is 4. The van der Waals surface area contributed by atoms with Crippen molar-refractivity contribution < 1.29 is 33.5 Å². The fourth-order valence-electron chi connectivity index (χ4n) is 0.665. The van der Waals surface area contributed by atoms with Crippen LogP contribution in [0.3, 0.4) is 0 Å². The molecule has 1 unspecified atom stereocenters. The maximum atomic E-state index is 11.0. The van der Waals surface area contributed by atoms with E-state index in [-0.39, 0.29) is 31.7 Å². The zero-order valence-corrected chi connectivity index (χ0v) is 11.3. The summed E-state index contributed by atoms with van der Waals surface area (Å²) in [5.74, 6) is 0. The molecular weight excluding hydrogens is 216 g/mol. The van der Waals surface area contributed by atoms with Crippen molar-refractivity contribution in [2.75, 3.05) is 6.16 Å². The van der Waals surface area contributed by atoms with Crippen molar-refractivity contribution in [2.45, 2.75) is 33.3 Å². The van der Waals surface area contributed by atoms with Gasteiger partial charge in [0.15, 0.2) is 0 Å². The average molecular weight is 232 g/mol. The molecule has 64 valence electrons. The van der Waals surface area contributed by atoms with Crippen molar-refractivity contribution in [3.05, 3.63) is 0 Å². The van der Waals surface area contributed by atoms with Crippen LogP contribution in [-0.2, 0) is 28.6 Å². The van der Waals surface area contributed by atoms with Crippen LogP contribution < -0.4 is 0 Å². The molecule has 0 aromatic rings. The Hall–Kier alpha value is 0.773. The molecule has 0 aromatic heterocycles. The van der Waals surface area contributed by atoms with Gasteiger partial charge in [-0.05, 0) is 20.3 Å². The maximum Gasteiger partial charge on any atom is 0.328 e. The van der Waals surface area contributed by atoms with Gasteiger partial charge in [-0.25, -0.2) is 0 Å². The van der Waals surface area contributed by atoms with Gasteiger partial charge in [0.1, 0.15) is 0 Å². The van der Waals surface area contributed by atoms with Gasteiger partial charge < -0.3 is 9.42 Å². The Morgan fingerprint density at radius 3 is 2.27 bits per heavy atom. The molecule has 1 atom stereocenters. The standard InChI is InChI=1S/C6H15O3P.Zn/c1-4-5-10(7,8)9-6(2)3;/h6H,4-5H2,1-3H3,(H,7,8);. The second-order valence-corrected chi connectivity index (χ2v) is 4.45. The summed E-state index contributed by atoms with van der Waals surface area (Å²) in [7, 11) is -3.25. The van der Waals surface area contributed by atoms with E-state index in [1.165, 1.54) is 0 Å². The number of hydrogen-bond donors (Lipinski definition) is 1. The summed E-state index contributed by atoms with van der Waals surface area (Å²) in [4.78, 5) is 9.02. The van der Waals surface area contributed by atoms with Gasteiger partial charge in [-0.15, -0.1) is 0 Å². The van der Waals surface area contributed by atoms with E-state index in [0.29, 0.717) is 6.42 Å². The van der Waals surface area contributed by atoms with Crippen molar-refractivity contribution in [3.63, 3.8) is 0 Å². The van der Waals surface area contributed by atoms with Crippen molar-refractivity contribution >= 4 is 7.60 Å². The minimum absolute atomic E-state index is 0. The molecular formula is C6H15O3PZn. The smallest absolute Gasteiger partial charge is 0.324 e. The van der Waals surface area contributed by atoms with Gasteiger partial charge in [0.25, 0.3) is 0 Å². The molecule has 0 spiro atoms. The molecule has 0 radical (unpaired) electrons. The van der Waals surface area contributed by atoms with Crippen LogP contribution in [0.25, 0.3) is 0 Å². The van der Waals surface area contributed by atoms with Gasteiger partial charge in [0.05, 0.1) is 6.10 Å². The second-order valence-electron chi connectivity index (χ2n) is 2.52. The molecule has 0 bridgehead atoms. The molecule has 0 aliphatic rings. The molecule has 0 rings (SSSR count). The normalized spacial score (nSPS) is 15.7. The quantitative estimate of drug-likeness (QED) is 0.595. The van der Waals surface area contributed by atoms with Crippen LogP contribution in [0.2, 0.25) is 0 Å². The zero-order valence-electron chi connectivity index (χ0n) is 7.41. The van der Waals surface area contributed by atoms with Crippen molar-refractivity contribution in [1.29, 1.82) is 0 Å². The molecule has 0 fully saturated rings. The molecule has 0 aliphatic heterocycles. The molecule has 11 heavy (non-hydrogen) atoms.